The Labute approximate surface area is 115 Å². The van der Waals surface area contributed by atoms with Crippen molar-refractivity contribution in [1.29, 1.82) is 0 Å². The van der Waals surface area contributed by atoms with E-state index in [1.54, 1.807) is 28.6 Å². The van der Waals surface area contributed by atoms with Gasteiger partial charge in [0.2, 0.25) is 5.88 Å². The summed E-state index contributed by atoms with van der Waals surface area (Å²) in [6, 6.07) is 7.51. The molecule has 0 aliphatic heterocycles. The lowest BCUT2D eigenvalue weighted by atomic mass is 10.1. The minimum Gasteiger partial charge on any atom is -0.367 e. The van der Waals surface area contributed by atoms with Crippen molar-refractivity contribution in [3.8, 4) is 16.8 Å². The van der Waals surface area contributed by atoms with Crippen molar-refractivity contribution < 1.29 is 4.52 Å². The van der Waals surface area contributed by atoms with Crippen LogP contribution in [0.2, 0.25) is 0 Å². The van der Waals surface area contributed by atoms with Gasteiger partial charge in [-0.1, -0.05) is 17.3 Å². The third kappa shape index (κ3) is 1.82. The summed E-state index contributed by atoms with van der Waals surface area (Å²) in [4.78, 5) is 12.0. The molecule has 6 heteroatoms. The lowest BCUT2D eigenvalue weighted by Crippen LogP contribution is -2.21. The van der Waals surface area contributed by atoms with E-state index in [9.17, 15) is 4.79 Å². The maximum atomic E-state index is 12.0. The Hall–Kier alpha value is -2.76. The molecule has 0 aliphatic carbocycles. The summed E-state index contributed by atoms with van der Waals surface area (Å²) >= 11 is 0. The highest BCUT2D eigenvalue weighted by Crippen LogP contribution is 2.26. The lowest BCUT2D eigenvalue weighted by molar-refractivity contribution is 0.436. The first kappa shape index (κ1) is 12.3. The van der Waals surface area contributed by atoms with Gasteiger partial charge in [-0.15, -0.1) is 0 Å². The zero-order chi connectivity index (χ0) is 14.3. The fraction of sp³-hybridized carbons (Fsp3) is 0.143. The predicted molar refractivity (Wildman–Crippen MR) is 75.7 cm³/mol. The van der Waals surface area contributed by atoms with Crippen molar-refractivity contribution in [2.45, 2.75) is 6.92 Å². The molecule has 20 heavy (non-hydrogen) atoms. The number of nitrogen functional groups attached to an aromatic ring is 1. The van der Waals surface area contributed by atoms with Crippen molar-refractivity contribution in [1.82, 2.24) is 14.3 Å². The maximum Gasteiger partial charge on any atom is 0.332 e. The molecule has 3 aromatic rings. The SMILES string of the molecule is Cc1cn(C)c(=O)n1-c1ccc(-c2cnoc2N)cc1. The Bertz CT molecular complexity index is 809. The van der Waals surface area contributed by atoms with Gasteiger partial charge in [0.1, 0.15) is 0 Å². The molecule has 102 valence electrons. The predicted octanol–water partition coefficient (Wildman–Crippen LogP) is 1.72. The first-order valence-electron chi connectivity index (χ1n) is 6.14. The van der Waals surface area contributed by atoms with Crippen LogP contribution in [0, 0.1) is 6.92 Å². The Morgan fingerprint density at radius 3 is 2.45 bits per heavy atom. The number of anilines is 1. The number of benzene rings is 1. The van der Waals surface area contributed by atoms with Crippen LogP contribution in [-0.2, 0) is 7.05 Å². The van der Waals surface area contributed by atoms with Crippen LogP contribution in [0.25, 0.3) is 16.8 Å². The van der Waals surface area contributed by atoms with Crippen LogP contribution in [0.4, 0.5) is 5.88 Å². The molecule has 0 saturated heterocycles. The van der Waals surface area contributed by atoms with Crippen LogP contribution in [0.15, 0.2) is 46.0 Å². The summed E-state index contributed by atoms with van der Waals surface area (Å²) < 4.78 is 8.05. The molecule has 2 N–H and O–H groups in total. The molecule has 3 rings (SSSR count). The molecule has 0 atom stereocenters. The first-order valence-corrected chi connectivity index (χ1v) is 6.14. The van der Waals surface area contributed by atoms with Gasteiger partial charge >= 0.3 is 5.69 Å². The zero-order valence-electron chi connectivity index (χ0n) is 11.2. The van der Waals surface area contributed by atoms with E-state index in [0.29, 0.717) is 0 Å². The minimum atomic E-state index is -0.0697. The topological polar surface area (TPSA) is 79.0 Å². The number of imidazole rings is 1. The highest BCUT2D eigenvalue weighted by atomic mass is 16.5. The van der Waals surface area contributed by atoms with Crippen LogP contribution in [0.3, 0.4) is 0 Å². The molecule has 2 heterocycles. The number of hydrogen-bond donors (Lipinski definition) is 1. The summed E-state index contributed by atoms with van der Waals surface area (Å²) in [5.41, 5.74) is 8.95. The molecule has 0 amide bonds. The van der Waals surface area contributed by atoms with E-state index < -0.39 is 0 Å². The Morgan fingerprint density at radius 2 is 1.95 bits per heavy atom. The highest BCUT2D eigenvalue weighted by Gasteiger charge is 2.10. The molecular weight excluding hydrogens is 256 g/mol. The van der Waals surface area contributed by atoms with Gasteiger partial charge in [0, 0.05) is 18.9 Å². The fourth-order valence-corrected chi connectivity index (χ4v) is 2.27. The molecule has 2 aromatic heterocycles. The Balaban J connectivity index is 2.06. The largest absolute Gasteiger partial charge is 0.367 e. The van der Waals surface area contributed by atoms with Gasteiger partial charge in [-0.25, -0.2) is 4.79 Å². The normalized spacial score (nSPS) is 10.9. The minimum absolute atomic E-state index is 0.0697. The highest BCUT2D eigenvalue weighted by molar-refractivity contribution is 5.72. The second-order valence-electron chi connectivity index (χ2n) is 4.65. The Morgan fingerprint density at radius 1 is 1.25 bits per heavy atom. The van der Waals surface area contributed by atoms with Gasteiger partial charge in [-0.05, 0) is 24.6 Å². The van der Waals surface area contributed by atoms with Gasteiger partial charge in [-0.2, -0.15) is 0 Å². The average Bonchev–Trinajstić information content (AvgIpc) is 2.95. The van der Waals surface area contributed by atoms with E-state index >= 15 is 0 Å². The molecule has 6 nitrogen and oxygen atoms in total. The lowest BCUT2D eigenvalue weighted by Gasteiger charge is -2.05. The molecule has 0 saturated carbocycles. The number of rotatable bonds is 2. The molecule has 0 spiro atoms. The van der Waals surface area contributed by atoms with Gasteiger partial charge in [0.25, 0.3) is 0 Å². The van der Waals surface area contributed by atoms with Crippen LogP contribution >= 0.6 is 0 Å². The van der Waals surface area contributed by atoms with Crippen molar-refractivity contribution in [2.24, 2.45) is 7.05 Å². The molecule has 0 bridgehead atoms. The molecule has 1 aromatic carbocycles. The van der Waals surface area contributed by atoms with Crippen molar-refractivity contribution in [3.63, 3.8) is 0 Å². The molecular formula is C14H14N4O2. The number of nitrogens with two attached hydrogens (primary N) is 1. The number of hydrogen-bond acceptors (Lipinski definition) is 4. The second-order valence-corrected chi connectivity index (χ2v) is 4.65. The van der Waals surface area contributed by atoms with E-state index in [1.807, 2.05) is 31.2 Å². The number of aryl methyl sites for hydroxylation is 2. The average molecular weight is 270 g/mol. The van der Waals surface area contributed by atoms with E-state index in [-0.39, 0.29) is 11.6 Å². The maximum absolute atomic E-state index is 12.0. The number of nitrogens with zero attached hydrogens (tertiary/aromatic N) is 3. The fourth-order valence-electron chi connectivity index (χ4n) is 2.27. The summed E-state index contributed by atoms with van der Waals surface area (Å²) in [5, 5.41) is 3.65. The van der Waals surface area contributed by atoms with E-state index in [2.05, 4.69) is 5.16 Å². The van der Waals surface area contributed by atoms with Gasteiger partial charge in [0.15, 0.2) is 0 Å². The third-order valence-corrected chi connectivity index (χ3v) is 3.26. The zero-order valence-corrected chi connectivity index (χ0v) is 11.2. The van der Waals surface area contributed by atoms with Crippen molar-refractivity contribution >= 4 is 5.88 Å². The van der Waals surface area contributed by atoms with Gasteiger partial charge in [-0.3, -0.25) is 4.57 Å². The summed E-state index contributed by atoms with van der Waals surface area (Å²) in [7, 11) is 1.73. The number of aromatic nitrogens is 3. The second kappa shape index (κ2) is 4.41. The quantitative estimate of drug-likeness (QED) is 0.769. The molecule has 0 unspecified atom stereocenters. The van der Waals surface area contributed by atoms with Crippen LogP contribution < -0.4 is 11.4 Å². The standard InChI is InChI=1S/C14H14N4O2/c1-9-8-17(2)14(19)18(9)11-5-3-10(4-6-11)12-7-16-20-13(12)15/h3-8H,15H2,1-2H3. The Kier molecular flexibility index (Phi) is 2.71. The summed E-state index contributed by atoms with van der Waals surface area (Å²) in [5.74, 6) is 0.283. The van der Waals surface area contributed by atoms with Crippen LogP contribution in [0.5, 0.6) is 0 Å². The van der Waals surface area contributed by atoms with Crippen molar-refractivity contribution in [3.05, 3.63) is 52.8 Å². The summed E-state index contributed by atoms with van der Waals surface area (Å²) in [6.45, 7) is 1.90. The van der Waals surface area contributed by atoms with Crippen LogP contribution in [0.1, 0.15) is 5.69 Å². The van der Waals surface area contributed by atoms with E-state index in [1.165, 1.54) is 0 Å². The van der Waals surface area contributed by atoms with E-state index in [0.717, 1.165) is 22.5 Å². The molecule has 0 aliphatic rings. The van der Waals surface area contributed by atoms with Crippen LogP contribution in [-0.4, -0.2) is 14.3 Å². The third-order valence-electron chi connectivity index (χ3n) is 3.26. The molecule has 0 radical (unpaired) electrons. The van der Waals surface area contributed by atoms with Gasteiger partial charge in [0.05, 0.1) is 17.4 Å². The summed E-state index contributed by atoms with van der Waals surface area (Å²) in [6.07, 6.45) is 3.37. The van der Waals surface area contributed by atoms with Gasteiger partial charge < -0.3 is 14.8 Å². The van der Waals surface area contributed by atoms with Crippen molar-refractivity contribution in [2.75, 3.05) is 5.73 Å². The van der Waals surface area contributed by atoms with E-state index in [4.69, 9.17) is 10.3 Å². The first-order chi connectivity index (χ1) is 9.58. The smallest absolute Gasteiger partial charge is 0.332 e. The monoisotopic (exact) mass is 270 g/mol. The molecule has 0 fully saturated rings.